The Hall–Kier alpha value is -1.10. The molecule has 0 aromatic carbocycles. The molecule has 45 heavy (non-hydrogen) atoms. The second kappa shape index (κ2) is 34.2. The van der Waals surface area contributed by atoms with Gasteiger partial charge in [-0.1, -0.05) is 137 Å². The number of esters is 2. The summed E-state index contributed by atoms with van der Waals surface area (Å²) < 4.78 is 11.4. The Labute approximate surface area is 281 Å². The first-order valence-electron chi connectivity index (χ1n) is 20.1. The molecule has 0 amide bonds. The number of rotatable bonds is 35. The van der Waals surface area contributed by atoms with E-state index in [1.54, 1.807) is 0 Å². The van der Waals surface area contributed by atoms with Crippen LogP contribution in [-0.4, -0.2) is 49.2 Å². The van der Waals surface area contributed by atoms with Crippen LogP contribution in [0, 0.1) is 5.92 Å². The fourth-order valence-corrected chi connectivity index (χ4v) is 6.28. The molecule has 5 heteroatoms. The lowest BCUT2D eigenvalue weighted by atomic mass is 9.93. The van der Waals surface area contributed by atoms with Gasteiger partial charge in [0.25, 0.3) is 0 Å². The van der Waals surface area contributed by atoms with E-state index in [1.807, 2.05) is 0 Å². The van der Waals surface area contributed by atoms with Crippen LogP contribution in [0.5, 0.6) is 0 Å². The molecule has 0 bridgehead atoms. The lowest BCUT2D eigenvalue weighted by Crippen LogP contribution is -2.25. The Bertz CT molecular complexity index is 622. The molecule has 0 aliphatic heterocycles. The maximum Gasteiger partial charge on any atom is 0.306 e. The molecular weight excluding hydrogens is 558 g/mol. The van der Waals surface area contributed by atoms with Gasteiger partial charge < -0.3 is 14.4 Å². The molecule has 0 N–H and O–H groups in total. The topological polar surface area (TPSA) is 55.8 Å². The summed E-state index contributed by atoms with van der Waals surface area (Å²) in [4.78, 5) is 27.1. The van der Waals surface area contributed by atoms with Crippen molar-refractivity contribution in [2.45, 2.75) is 214 Å². The maximum absolute atomic E-state index is 12.4. The molecule has 0 saturated carbocycles. The van der Waals surface area contributed by atoms with Crippen molar-refractivity contribution in [1.29, 1.82) is 0 Å². The van der Waals surface area contributed by atoms with Gasteiger partial charge in [0.05, 0.1) is 6.61 Å². The quantitative estimate of drug-likeness (QED) is 0.0511. The Morgan fingerprint density at radius 1 is 0.489 bits per heavy atom. The minimum Gasteiger partial charge on any atom is -0.466 e. The van der Waals surface area contributed by atoms with Gasteiger partial charge in [-0.2, -0.15) is 0 Å². The minimum atomic E-state index is 0.000993. The summed E-state index contributed by atoms with van der Waals surface area (Å²) in [5, 5.41) is 0. The summed E-state index contributed by atoms with van der Waals surface area (Å²) in [6, 6.07) is 0. The van der Waals surface area contributed by atoms with Crippen LogP contribution in [0.4, 0.5) is 0 Å². The van der Waals surface area contributed by atoms with E-state index in [1.165, 1.54) is 129 Å². The van der Waals surface area contributed by atoms with Gasteiger partial charge in [-0.05, 0) is 83.3 Å². The molecule has 268 valence electrons. The summed E-state index contributed by atoms with van der Waals surface area (Å²) in [7, 11) is 0. The van der Waals surface area contributed by atoms with Crippen LogP contribution in [0.2, 0.25) is 0 Å². The molecule has 0 aromatic heterocycles. The lowest BCUT2D eigenvalue weighted by molar-refractivity contribution is -0.150. The number of hydrogen-bond donors (Lipinski definition) is 0. The fourth-order valence-electron chi connectivity index (χ4n) is 6.28. The van der Waals surface area contributed by atoms with Crippen LogP contribution in [-0.2, 0) is 19.1 Å². The molecule has 0 atom stereocenters. The molecule has 0 heterocycles. The number of carbonyl (C=O) groups is 2. The zero-order valence-electron chi connectivity index (χ0n) is 31.2. The highest BCUT2D eigenvalue weighted by molar-refractivity contribution is 5.69. The van der Waals surface area contributed by atoms with Gasteiger partial charge in [0.2, 0.25) is 0 Å². The van der Waals surface area contributed by atoms with Gasteiger partial charge >= 0.3 is 11.9 Å². The summed E-state index contributed by atoms with van der Waals surface area (Å²) in [5.74, 6) is 0.746. The number of carbonyl (C=O) groups excluding carboxylic acids is 2. The van der Waals surface area contributed by atoms with Crippen LogP contribution in [0.1, 0.15) is 208 Å². The normalized spacial score (nSPS) is 11.6. The first-order valence-corrected chi connectivity index (χ1v) is 20.1. The van der Waals surface area contributed by atoms with Crippen LogP contribution in [0.15, 0.2) is 0 Å². The number of ether oxygens (including phenoxy) is 2. The zero-order valence-corrected chi connectivity index (χ0v) is 31.2. The van der Waals surface area contributed by atoms with Crippen molar-refractivity contribution < 1.29 is 19.1 Å². The highest BCUT2D eigenvalue weighted by atomic mass is 16.5. The van der Waals surface area contributed by atoms with Crippen LogP contribution < -0.4 is 0 Å². The Balaban J connectivity index is 3.80. The van der Waals surface area contributed by atoms with Gasteiger partial charge in [-0.25, -0.2) is 0 Å². The Morgan fingerprint density at radius 2 is 0.956 bits per heavy atom. The zero-order chi connectivity index (χ0) is 33.2. The summed E-state index contributed by atoms with van der Waals surface area (Å²) in [5.41, 5.74) is 0. The molecule has 0 fully saturated rings. The highest BCUT2D eigenvalue weighted by Gasteiger charge is 2.14. The average molecular weight is 638 g/mol. The predicted molar refractivity (Wildman–Crippen MR) is 194 cm³/mol. The third kappa shape index (κ3) is 30.0. The van der Waals surface area contributed by atoms with Crippen molar-refractivity contribution in [3.05, 3.63) is 0 Å². The monoisotopic (exact) mass is 638 g/mol. The minimum absolute atomic E-state index is 0.000993. The highest BCUT2D eigenvalue weighted by Crippen LogP contribution is 2.20. The molecule has 0 saturated heterocycles. The van der Waals surface area contributed by atoms with Gasteiger partial charge in [0, 0.05) is 12.8 Å². The molecule has 0 aromatic rings. The van der Waals surface area contributed by atoms with Crippen LogP contribution in [0.25, 0.3) is 0 Å². The van der Waals surface area contributed by atoms with E-state index < -0.39 is 0 Å². The number of hydrogen-bond acceptors (Lipinski definition) is 5. The molecule has 0 aliphatic rings. The Kier molecular flexibility index (Phi) is 33.4. The molecular formula is C40H79NO4. The van der Waals surface area contributed by atoms with Crippen LogP contribution in [0.3, 0.4) is 0 Å². The first kappa shape index (κ1) is 43.9. The van der Waals surface area contributed by atoms with Crippen molar-refractivity contribution in [1.82, 2.24) is 4.90 Å². The summed E-state index contributed by atoms with van der Waals surface area (Å²) in [6.45, 7) is 15.3. The van der Waals surface area contributed by atoms with E-state index >= 15 is 0 Å². The average Bonchev–Trinajstić information content (AvgIpc) is 3.03. The summed E-state index contributed by atoms with van der Waals surface area (Å²) in [6.07, 6.45) is 30.9. The van der Waals surface area contributed by atoms with Crippen molar-refractivity contribution in [3.8, 4) is 0 Å². The van der Waals surface area contributed by atoms with Crippen molar-refractivity contribution >= 4 is 11.9 Å². The van der Waals surface area contributed by atoms with Gasteiger partial charge in [-0.3, -0.25) is 9.59 Å². The van der Waals surface area contributed by atoms with E-state index in [0.717, 1.165) is 57.4 Å². The fraction of sp³-hybridized carbons (Fsp3) is 0.950. The predicted octanol–water partition coefficient (Wildman–Crippen LogP) is 12.0. The smallest absolute Gasteiger partial charge is 0.306 e. The SMILES string of the molecule is CCCCCC(CCCCC)OC(=O)CCCCCCCN(CC)CCCCCCCC(=O)OCCC(CCCC)CCCC. The standard InChI is InChI=1S/C40H79NO4/c1-6-11-21-29-38(30-22-12-7-2)45-40(43)32-24-18-16-20-26-35-41(10-5)34-25-19-15-17-23-31-39(42)44-36-33-37(27-13-8-3)28-14-9-4/h37-38H,6-36H2,1-5H3. The molecule has 0 aliphatic carbocycles. The lowest BCUT2D eigenvalue weighted by Gasteiger charge is -2.20. The maximum atomic E-state index is 12.4. The van der Waals surface area contributed by atoms with Gasteiger partial charge in [-0.15, -0.1) is 0 Å². The largest absolute Gasteiger partial charge is 0.466 e. The number of unbranched alkanes of at least 4 members (excludes halogenated alkanes) is 14. The van der Waals surface area contributed by atoms with Gasteiger partial charge in [0.15, 0.2) is 0 Å². The van der Waals surface area contributed by atoms with E-state index in [4.69, 9.17) is 9.47 Å². The third-order valence-electron chi connectivity index (χ3n) is 9.44. The van der Waals surface area contributed by atoms with Crippen molar-refractivity contribution in [3.63, 3.8) is 0 Å². The molecule has 0 unspecified atom stereocenters. The third-order valence-corrected chi connectivity index (χ3v) is 9.44. The van der Waals surface area contributed by atoms with Crippen molar-refractivity contribution in [2.75, 3.05) is 26.2 Å². The molecule has 0 radical (unpaired) electrons. The molecule has 0 spiro atoms. The second-order valence-electron chi connectivity index (χ2n) is 13.7. The van der Waals surface area contributed by atoms with Gasteiger partial charge in [0.1, 0.15) is 6.10 Å². The number of nitrogens with zero attached hydrogens (tertiary/aromatic N) is 1. The second-order valence-corrected chi connectivity index (χ2v) is 13.7. The van der Waals surface area contributed by atoms with Crippen LogP contribution >= 0.6 is 0 Å². The Morgan fingerprint density at radius 3 is 1.44 bits per heavy atom. The van der Waals surface area contributed by atoms with E-state index in [2.05, 4.69) is 39.5 Å². The van der Waals surface area contributed by atoms with E-state index in [9.17, 15) is 9.59 Å². The van der Waals surface area contributed by atoms with E-state index in [0.29, 0.717) is 19.4 Å². The van der Waals surface area contributed by atoms with E-state index in [-0.39, 0.29) is 18.0 Å². The molecule has 5 nitrogen and oxygen atoms in total. The molecule has 0 rings (SSSR count). The summed E-state index contributed by atoms with van der Waals surface area (Å²) >= 11 is 0. The first-order chi connectivity index (χ1) is 22.0. The van der Waals surface area contributed by atoms with Crippen molar-refractivity contribution in [2.24, 2.45) is 5.92 Å².